The fourth-order valence-corrected chi connectivity index (χ4v) is 5.60. The van der Waals surface area contributed by atoms with Crippen molar-refractivity contribution in [1.29, 1.82) is 0 Å². The molecule has 7 heteroatoms. The van der Waals surface area contributed by atoms with Gasteiger partial charge in [-0.1, -0.05) is 42.5 Å². The van der Waals surface area contributed by atoms with Crippen molar-refractivity contribution in [3.05, 3.63) is 53.4 Å². The molecule has 1 saturated carbocycles. The third kappa shape index (κ3) is 4.14. The lowest BCUT2D eigenvalue weighted by Crippen LogP contribution is -2.47. The van der Waals surface area contributed by atoms with Crippen molar-refractivity contribution in [2.24, 2.45) is 23.7 Å². The van der Waals surface area contributed by atoms with Crippen LogP contribution < -0.4 is 5.32 Å². The molecule has 162 valence electrons. The molecule has 2 bridgehead atoms. The van der Waals surface area contributed by atoms with Gasteiger partial charge in [-0.3, -0.25) is 9.59 Å². The minimum absolute atomic E-state index is 0.106. The van der Waals surface area contributed by atoms with Gasteiger partial charge in [-0.2, -0.15) is 0 Å². The van der Waals surface area contributed by atoms with Crippen LogP contribution >= 0.6 is 11.3 Å². The fraction of sp³-hybridized carbons (Fsp3) is 0.375. The number of hydrogen-bond donors (Lipinski definition) is 2. The van der Waals surface area contributed by atoms with Crippen LogP contribution in [0.15, 0.2) is 47.9 Å². The van der Waals surface area contributed by atoms with E-state index in [-0.39, 0.29) is 23.8 Å². The Bertz CT molecular complexity index is 1030. The summed E-state index contributed by atoms with van der Waals surface area (Å²) in [5.41, 5.74) is 1.84. The molecular formula is C24H25NO5S. The quantitative estimate of drug-likeness (QED) is 0.497. The average molecular weight is 440 g/mol. The number of ether oxygens (including phenoxy) is 1. The number of anilines is 1. The molecule has 2 N–H and O–H groups in total. The number of esters is 1. The van der Waals surface area contributed by atoms with Crippen molar-refractivity contribution >= 4 is 34.2 Å². The van der Waals surface area contributed by atoms with Crippen molar-refractivity contribution < 1.29 is 24.2 Å². The van der Waals surface area contributed by atoms with E-state index in [9.17, 15) is 19.5 Å². The largest absolute Gasteiger partial charge is 0.481 e. The molecule has 0 saturated heterocycles. The second kappa shape index (κ2) is 8.67. The Morgan fingerprint density at radius 1 is 1.06 bits per heavy atom. The summed E-state index contributed by atoms with van der Waals surface area (Å²) in [7, 11) is 0. The number of nitrogens with one attached hydrogen (secondary N) is 1. The van der Waals surface area contributed by atoms with E-state index in [4.69, 9.17) is 4.74 Å². The Labute approximate surface area is 184 Å². The number of allylic oxidation sites excluding steroid dienone is 2. The lowest BCUT2D eigenvalue weighted by atomic mass is 9.62. The van der Waals surface area contributed by atoms with Crippen molar-refractivity contribution in [1.82, 2.24) is 0 Å². The highest BCUT2D eigenvalue weighted by Crippen LogP contribution is 2.46. The Kier molecular flexibility index (Phi) is 5.96. The van der Waals surface area contributed by atoms with Gasteiger partial charge in [0, 0.05) is 10.9 Å². The van der Waals surface area contributed by atoms with E-state index in [0.29, 0.717) is 16.1 Å². The summed E-state index contributed by atoms with van der Waals surface area (Å²) in [6, 6.07) is 9.44. The number of amides is 1. The monoisotopic (exact) mass is 439 g/mol. The van der Waals surface area contributed by atoms with Gasteiger partial charge in [-0.15, -0.1) is 11.3 Å². The number of fused-ring (bicyclic) bond motifs is 2. The zero-order chi connectivity index (χ0) is 22.1. The van der Waals surface area contributed by atoms with Gasteiger partial charge < -0.3 is 15.2 Å². The van der Waals surface area contributed by atoms with E-state index < -0.39 is 23.8 Å². The fourth-order valence-electron chi connectivity index (χ4n) is 4.64. The molecule has 3 aliphatic carbocycles. The highest BCUT2D eigenvalue weighted by atomic mass is 32.1. The van der Waals surface area contributed by atoms with Gasteiger partial charge in [-0.25, -0.2) is 4.79 Å². The molecule has 0 aliphatic heterocycles. The first-order chi connectivity index (χ1) is 14.9. The third-order valence-corrected chi connectivity index (χ3v) is 6.89. The van der Waals surface area contributed by atoms with Crippen molar-refractivity contribution in [3.63, 3.8) is 0 Å². The molecule has 31 heavy (non-hydrogen) atoms. The molecule has 3 aliphatic rings. The molecule has 2 aromatic rings. The summed E-state index contributed by atoms with van der Waals surface area (Å²) in [5, 5.41) is 14.8. The van der Waals surface area contributed by atoms with Crippen LogP contribution in [0.25, 0.3) is 11.1 Å². The molecule has 5 rings (SSSR count). The topological polar surface area (TPSA) is 92.7 Å². The first-order valence-electron chi connectivity index (χ1n) is 10.5. The van der Waals surface area contributed by atoms with Gasteiger partial charge in [-0.05, 0) is 44.1 Å². The summed E-state index contributed by atoms with van der Waals surface area (Å²) < 4.78 is 5.44. The maximum absolute atomic E-state index is 13.3. The second-order valence-electron chi connectivity index (χ2n) is 8.34. The van der Waals surface area contributed by atoms with Crippen molar-refractivity contribution in [3.8, 4) is 11.1 Å². The minimum Gasteiger partial charge on any atom is -0.481 e. The maximum Gasteiger partial charge on any atom is 0.342 e. The van der Waals surface area contributed by atoms with Crippen LogP contribution in [0.4, 0.5) is 5.00 Å². The number of rotatable bonds is 6. The number of benzene rings is 1. The molecule has 1 aromatic heterocycles. The van der Waals surface area contributed by atoms with E-state index in [1.54, 1.807) is 13.8 Å². The highest BCUT2D eigenvalue weighted by molar-refractivity contribution is 7.15. The molecular weight excluding hydrogens is 414 g/mol. The van der Waals surface area contributed by atoms with E-state index >= 15 is 0 Å². The van der Waals surface area contributed by atoms with Crippen LogP contribution in [-0.2, 0) is 14.3 Å². The van der Waals surface area contributed by atoms with Crippen LogP contribution in [0.2, 0.25) is 0 Å². The number of aliphatic carboxylic acids is 1. The Hall–Kier alpha value is -2.93. The summed E-state index contributed by atoms with van der Waals surface area (Å²) in [6.07, 6.45) is 5.17. The number of carboxylic acid groups (broad SMARTS) is 1. The summed E-state index contributed by atoms with van der Waals surface area (Å²) in [6.45, 7) is 3.54. The van der Waals surface area contributed by atoms with Crippen LogP contribution in [0.3, 0.4) is 0 Å². The maximum atomic E-state index is 13.3. The Morgan fingerprint density at radius 2 is 1.71 bits per heavy atom. The van der Waals surface area contributed by atoms with Gasteiger partial charge in [0.25, 0.3) is 0 Å². The van der Waals surface area contributed by atoms with Gasteiger partial charge in [0.1, 0.15) is 10.6 Å². The first kappa shape index (κ1) is 21.3. The molecule has 4 atom stereocenters. The first-order valence-corrected chi connectivity index (χ1v) is 11.3. The predicted octanol–water partition coefficient (Wildman–Crippen LogP) is 4.83. The van der Waals surface area contributed by atoms with Gasteiger partial charge in [0.15, 0.2) is 0 Å². The SMILES string of the molecule is CC(C)OC(=O)c1c(-c2ccccc2)csc1NC(=O)C1C2C=CC(CC2)C1C(=O)O. The summed E-state index contributed by atoms with van der Waals surface area (Å²) >= 11 is 1.25. The van der Waals surface area contributed by atoms with Gasteiger partial charge in [0.2, 0.25) is 5.91 Å². The van der Waals surface area contributed by atoms with E-state index in [0.717, 1.165) is 18.4 Å². The third-order valence-electron chi connectivity index (χ3n) is 6.00. The Morgan fingerprint density at radius 3 is 2.29 bits per heavy atom. The molecule has 1 heterocycles. The number of carbonyl (C=O) groups excluding carboxylic acids is 2. The molecule has 1 aromatic carbocycles. The predicted molar refractivity (Wildman–Crippen MR) is 119 cm³/mol. The Balaban J connectivity index is 1.67. The smallest absolute Gasteiger partial charge is 0.342 e. The van der Waals surface area contributed by atoms with Crippen LogP contribution in [0.1, 0.15) is 37.0 Å². The number of thiophene rings is 1. The van der Waals surface area contributed by atoms with Crippen LogP contribution in [-0.4, -0.2) is 29.1 Å². The van der Waals surface area contributed by atoms with E-state index in [1.807, 2.05) is 47.9 Å². The molecule has 1 amide bonds. The molecule has 4 unspecified atom stereocenters. The van der Waals surface area contributed by atoms with E-state index in [2.05, 4.69) is 5.32 Å². The zero-order valence-electron chi connectivity index (χ0n) is 17.4. The molecule has 0 radical (unpaired) electrons. The standard InChI is InChI=1S/C24H25NO5S/c1-13(2)30-24(29)20-17(14-6-4-3-5-7-14)12-31-22(20)25-21(26)18-15-8-10-16(11-9-15)19(18)23(27)28/h3-8,10,12-13,15-16,18-19H,9,11H2,1-2H3,(H,25,26)(H,27,28). The average Bonchev–Trinajstić information content (AvgIpc) is 3.17. The van der Waals surface area contributed by atoms with E-state index in [1.165, 1.54) is 11.3 Å². The lowest BCUT2D eigenvalue weighted by Gasteiger charge is -2.41. The van der Waals surface area contributed by atoms with Crippen LogP contribution in [0, 0.1) is 23.7 Å². The number of carbonyl (C=O) groups is 3. The molecule has 0 spiro atoms. The van der Waals surface area contributed by atoms with Crippen LogP contribution in [0.5, 0.6) is 0 Å². The lowest BCUT2D eigenvalue weighted by molar-refractivity contribution is -0.151. The van der Waals surface area contributed by atoms with Gasteiger partial charge >= 0.3 is 11.9 Å². The summed E-state index contributed by atoms with van der Waals surface area (Å²) in [4.78, 5) is 38.1. The highest BCUT2D eigenvalue weighted by Gasteiger charge is 2.48. The zero-order valence-corrected chi connectivity index (χ0v) is 18.2. The number of carboxylic acids is 1. The second-order valence-corrected chi connectivity index (χ2v) is 9.22. The number of hydrogen-bond acceptors (Lipinski definition) is 5. The minimum atomic E-state index is -0.949. The molecule has 1 fully saturated rings. The molecule has 6 nitrogen and oxygen atoms in total. The summed E-state index contributed by atoms with van der Waals surface area (Å²) in [5.74, 6) is -3.45. The normalized spacial score (nSPS) is 24.2. The van der Waals surface area contributed by atoms with Gasteiger partial charge in [0.05, 0.1) is 17.9 Å². The van der Waals surface area contributed by atoms with Crippen molar-refractivity contribution in [2.45, 2.75) is 32.8 Å². The van der Waals surface area contributed by atoms with Crippen molar-refractivity contribution in [2.75, 3.05) is 5.32 Å².